The third-order valence-corrected chi connectivity index (χ3v) is 3.89. The number of primary amides is 1. The molecule has 118 valence electrons. The number of amides is 1. The third kappa shape index (κ3) is 3.40. The van der Waals surface area contributed by atoms with Crippen molar-refractivity contribution < 1.29 is 9.18 Å². The second-order valence-corrected chi connectivity index (χ2v) is 5.45. The van der Waals surface area contributed by atoms with Crippen molar-refractivity contribution in [3.8, 4) is 0 Å². The fourth-order valence-corrected chi connectivity index (χ4v) is 2.74. The average Bonchev–Trinajstić information content (AvgIpc) is 2.94. The Morgan fingerprint density at radius 3 is 2.74 bits per heavy atom. The van der Waals surface area contributed by atoms with Crippen LogP contribution >= 0.6 is 0 Å². The summed E-state index contributed by atoms with van der Waals surface area (Å²) in [6.45, 7) is 0.590. The first-order chi connectivity index (χ1) is 11.1. The number of rotatable bonds is 6. The fourth-order valence-electron chi connectivity index (χ4n) is 2.74. The van der Waals surface area contributed by atoms with Crippen molar-refractivity contribution in [2.75, 3.05) is 6.54 Å². The van der Waals surface area contributed by atoms with E-state index in [1.165, 1.54) is 12.1 Å². The molecule has 3 rings (SSSR count). The van der Waals surface area contributed by atoms with Gasteiger partial charge in [-0.15, -0.1) is 0 Å². The van der Waals surface area contributed by atoms with Crippen LogP contribution in [0, 0.1) is 5.82 Å². The van der Waals surface area contributed by atoms with E-state index < -0.39 is 11.9 Å². The van der Waals surface area contributed by atoms with E-state index in [9.17, 15) is 9.18 Å². The van der Waals surface area contributed by atoms with Crippen LogP contribution in [0.4, 0.5) is 4.39 Å². The van der Waals surface area contributed by atoms with Gasteiger partial charge in [0.15, 0.2) is 0 Å². The Kier molecular flexibility index (Phi) is 4.39. The molecular weight excluding hydrogens is 293 g/mol. The van der Waals surface area contributed by atoms with E-state index >= 15 is 0 Å². The number of benzene rings is 2. The van der Waals surface area contributed by atoms with Crippen molar-refractivity contribution >= 4 is 16.8 Å². The Balaban J connectivity index is 1.68. The molecule has 1 amide bonds. The van der Waals surface area contributed by atoms with E-state index in [0.717, 1.165) is 22.0 Å². The van der Waals surface area contributed by atoms with E-state index in [-0.39, 0.29) is 5.82 Å². The molecule has 23 heavy (non-hydrogen) atoms. The Bertz CT molecular complexity index is 814. The molecule has 5 heteroatoms. The molecule has 0 saturated carbocycles. The predicted octanol–water partition coefficient (Wildman–Crippen LogP) is 2.67. The van der Waals surface area contributed by atoms with Crippen LogP contribution < -0.4 is 11.1 Å². The Hall–Kier alpha value is -2.66. The number of halogens is 1. The van der Waals surface area contributed by atoms with Crippen molar-refractivity contribution in [3.05, 3.63) is 71.7 Å². The summed E-state index contributed by atoms with van der Waals surface area (Å²) in [6.07, 6.45) is 2.58. The molecule has 0 aliphatic carbocycles. The molecule has 1 aromatic heterocycles. The van der Waals surface area contributed by atoms with Crippen LogP contribution in [0.5, 0.6) is 0 Å². The maximum atomic E-state index is 13.2. The summed E-state index contributed by atoms with van der Waals surface area (Å²) in [5, 5.41) is 4.18. The summed E-state index contributed by atoms with van der Waals surface area (Å²) < 4.78 is 13.2. The van der Waals surface area contributed by atoms with Gasteiger partial charge in [-0.1, -0.05) is 30.3 Å². The van der Waals surface area contributed by atoms with E-state index in [2.05, 4.69) is 10.3 Å². The van der Waals surface area contributed by atoms with E-state index in [1.807, 2.05) is 36.5 Å². The van der Waals surface area contributed by atoms with Gasteiger partial charge in [-0.05, 0) is 35.7 Å². The van der Waals surface area contributed by atoms with Gasteiger partial charge < -0.3 is 16.0 Å². The van der Waals surface area contributed by atoms with Gasteiger partial charge in [0.05, 0.1) is 0 Å². The lowest BCUT2D eigenvalue weighted by molar-refractivity contribution is -0.120. The molecule has 0 saturated heterocycles. The second-order valence-electron chi connectivity index (χ2n) is 5.45. The average molecular weight is 311 g/mol. The maximum Gasteiger partial charge on any atom is 0.239 e. The first-order valence-electron chi connectivity index (χ1n) is 7.48. The number of hydrogen-bond donors (Lipinski definition) is 3. The smallest absolute Gasteiger partial charge is 0.239 e. The van der Waals surface area contributed by atoms with Crippen LogP contribution in [0.1, 0.15) is 17.2 Å². The number of aromatic amines is 1. The third-order valence-electron chi connectivity index (χ3n) is 3.89. The van der Waals surface area contributed by atoms with Gasteiger partial charge in [0, 0.05) is 23.6 Å². The van der Waals surface area contributed by atoms with Gasteiger partial charge in [-0.2, -0.15) is 0 Å². The molecule has 0 fully saturated rings. The first kappa shape index (κ1) is 15.2. The quantitative estimate of drug-likeness (QED) is 0.655. The minimum Gasteiger partial charge on any atom is -0.368 e. The highest BCUT2D eigenvalue weighted by atomic mass is 19.1. The molecule has 0 spiro atoms. The van der Waals surface area contributed by atoms with Crippen molar-refractivity contribution in [3.63, 3.8) is 0 Å². The van der Waals surface area contributed by atoms with Gasteiger partial charge in [0.2, 0.25) is 5.91 Å². The lowest BCUT2D eigenvalue weighted by atomic mass is 10.1. The molecule has 1 atom stereocenters. The summed E-state index contributed by atoms with van der Waals surface area (Å²) in [6, 6.07) is 13.6. The van der Waals surface area contributed by atoms with Crippen LogP contribution in [0.3, 0.4) is 0 Å². The summed E-state index contributed by atoms with van der Waals surface area (Å²) in [5.74, 6) is -0.668. The number of aromatic nitrogens is 1. The van der Waals surface area contributed by atoms with Crippen LogP contribution in [0.15, 0.2) is 54.7 Å². The predicted molar refractivity (Wildman–Crippen MR) is 88.3 cm³/mol. The molecule has 0 aliphatic rings. The zero-order valence-electron chi connectivity index (χ0n) is 12.6. The summed E-state index contributed by atoms with van der Waals surface area (Å²) in [5.41, 5.74) is 8.18. The second kappa shape index (κ2) is 6.62. The number of carbonyl (C=O) groups excluding carboxylic acids is 1. The number of nitrogens with one attached hydrogen (secondary N) is 2. The van der Waals surface area contributed by atoms with Gasteiger partial charge in [0.25, 0.3) is 0 Å². The highest BCUT2D eigenvalue weighted by Gasteiger charge is 2.16. The monoisotopic (exact) mass is 311 g/mol. The largest absolute Gasteiger partial charge is 0.368 e. The standard InChI is InChI=1S/C18H18FN3O/c19-14-6-7-15-13(11-22-16(15)10-14)8-9-21-17(18(20)23)12-4-2-1-3-5-12/h1-7,10-11,17,21-22H,8-9H2,(H2,20,23)/t17-/m1/s1. The summed E-state index contributed by atoms with van der Waals surface area (Å²) in [7, 11) is 0. The van der Waals surface area contributed by atoms with Crippen LogP contribution in [0.2, 0.25) is 0 Å². The number of carbonyl (C=O) groups is 1. The lowest BCUT2D eigenvalue weighted by Crippen LogP contribution is -2.34. The highest BCUT2D eigenvalue weighted by Crippen LogP contribution is 2.20. The molecular formula is C18H18FN3O. The van der Waals surface area contributed by atoms with Crippen molar-refractivity contribution in [1.82, 2.24) is 10.3 Å². The zero-order chi connectivity index (χ0) is 16.2. The minimum atomic E-state index is -0.515. The Labute approximate surface area is 133 Å². The lowest BCUT2D eigenvalue weighted by Gasteiger charge is -2.15. The number of fused-ring (bicyclic) bond motifs is 1. The molecule has 0 aliphatic heterocycles. The molecule has 4 nitrogen and oxygen atoms in total. The number of nitrogens with two attached hydrogens (primary N) is 1. The van der Waals surface area contributed by atoms with Gasteiger partial charge in [0.1, 0.15) is 11.9 Å². The van der Waals surface area contributed by atoms with Gasteiger partial charge in [-0.3, -0.25) is 4.79 Å². The van der Waals surface area contributed by atoms with E-state index in [1.54, 1.807) is 6.07 Å². The molecule has 2 aromatic carbocycles. The summed E-state index contributed by atoms with van der Waals surface area (Å²) >= 11 is 0. The van der Waals surface area contributed by atoms with Gasteiger partial charge in [-0.25, -0.2) is 4.39 Å². The molecule has 1 heterocycles. The molecule has 4 N–H and O–H groups in total. The normalized spacial score (nSPS) is 12.4. The number of hydrogen-bond acceptors (Lipinski definition) is 2. The molecule has 0 bridgehead atoms. The molecule has 3 aromatic rings. The summed E-state index contributed by atoms with van der Waals surface area (Å²) in [4.78, 5) is 14.7. The van der Waals surface area contributed by atoms with E-state index in [4.69, 9.17) is 5.73 Å². The first-order valence-corrected chi connectivity index (χ1v) is 7.48. The minimum absolute atomic E-state index is 0.262. The zero-order valence-corrected chi connectivity index (χ0v) is 12.6. The van der Waals surface area contributed by atoms with E-state index in [0.29, 0.717) is 13.0 Å². The van der Waals surface area contributed by atoms with Crippen molar-refractivity contribution in [2.45, 2.75) is 12.5 Å². The Morgan fingerprint density at radius 2 is 2.00 bits per heavy atom. The number of H-pyrrole nitrogens is 1. The van der Waals surface area contributed by atoms with Gasteiger partial charge >= 0.3 is 0 Å². The van der Waals surface area contributed by atoms with Crippen molar-refractivity contribution in [2.24, 2.45) is 5.73 Å². The van der Waals surface area contributed by atoms with Crippen LogP contribution in [-0.2, 0) is 11.2 Å². The molecule has 0 unspecified atom stereocenters. The van der Waals surface area contributed by atoms with Crippen LogP contribution in [0.25, 0.3) is 10.9 Å². The van der Waals surface area contributed by atoms with Crippen LogP contribution in [-0.4, -0.2) is 17.4 Å². The molecule has 0 radical (unpaired) electrons. The fraction of sp³-hybridized carbons (Fsp3) is 0.167. The SMILES string of the molecule is NC(=O)[C@H](NCCc1c[nH]c2cc(F)ccc12)c1ccccc1. The highest BCUT2D eigenvalue weighted by molar-refractivity contribution is 5.83. The van der Waals surface area contributed by atoms with Crippen molar-refractivity contribution in [1.29, 1.82) is 0 Å². The topological polar surface area (TPSA) is 70.9 Å². The Morgan fingerprint density at radius 1 is 1.22 bits per heavy atom. The maximum absolute atomic E-state index is 13.2.